The second kappa shape index (κ2) is 9.60. The number of aromatic nitrogens is 3. The molecular formula is C31H37Cl2N3O5. The minimum absolute atomic E-state index is 0.00304. The third-order valence-corrected chi connectivity index (χ3v) is 12.0. The number of hydrogen-bond donors (Lipinski definition) is 2. The number of halogens is 2. The highest BCUT2D eigenvalue weighted by molar-refractivity contribution is 6.42. The second-order valence-electron chi connectivity index (χ2n) is 13.6. The molecule has 9 atom stereocenters. The molecule has 2 spiro atoms. The minimum Gasteiger partial charge on any atom is -0.393 e. The van der Waals surface area contributed by atoms with Crippen LogP contribution in [-0.4, -0.2) is 62.2 Å². The Morgan fingerprint density at radius 3 is 2.78 bits per heavy atom. The highest BCUT2D eigenvalue weighted by Crippen LogP contribution is 2.75. The Balaban J connectivity index is 1.13. The lowest BCUT2D eigenvalue weighted by Crippen LogP contribution is -2.78. The van der Waals surface area contributed by atoms with Gasteiger partial charge in [-0.05, 0) is 60.3 Å². The molecule has 41 heavy (non-hydrogen) atoms. The first-order valence-corrected chi connectivity index (χ1v) is 15.5. The van der Waals surface area contributed by atoms with Crippen molar-refractivity contribution in [3.8, 4) is 0 Å². The van der Waals surface area contributed by atoms with Crippen LogP contribution in [-0.2, 0) is 27.2 Å². The molecule has 6 aliphatic rings. The predicted molar refractivity (Wildman–Crippen MR) is 152 cm³/mol. The summed E-state index contributed by atoms with van der Waals surface area (Å²) in [6.07, 6.45) is 3.59. The number of hydrogen-bond acceptors (Lipinski definition) is 7. The van der Waals surface area contributed by atoms with Crippen LogP contribution in [0.25, 0.3) is 0 Å². The number of benzene rings is 1. The van der Waals surface area contributed by atoms with Gasteiger partial charge in [0.25, 0.3) is 0 Å². The Kier molecular flexibility index (Phi) is 6.55. The van der Waals surface area contributed by atoms with Crippen LogP contribution in [0.15, 0.2) is 36.5 Å². The number of Topliss-reactive ketones (excluding diaryl/α,β-unsaturated/α-hetero) is 1. The summed E-state index contributed by atoms with van der Waals surface area (Å²) in [6, 6.07) is 5.50. The van der Waals surface area contributed by atoms with E-state index in [1.165, 1.54) is 0 Å². The summed E-state index contributed by atoms with van der Waals surface area (Å²) in [6.45, 7) is 9.52. The standard InChI is InChI=1S/C31H37Cl2N3O5/c1-16-19-12-22(37)25-30-9-4-8-29(2,3)23(30)13-24(31(25,26(16)38)27(19)39)41-28(30)40-10-7-18-15-36(35-34-18)14-17-5-6-20(32)21(33)11-17/h5-6,11,15,19,22-25,27-28,37,39H,1,4,7-10,12-14H2,2-3H3/t19-,22-,23+,24+,25-,27+,28-,30-,31+/m0/s1. The normalized spacial score (nSPS) is 40.5. The minimum atomic E-state index is -1.14. The molecule has 2 N–H and O–H groups in total. The van der Waals surface area contributed by atoms with E-state index in [0.29, 0.717) is 48.0 Å². The average molecular weight is 603 g/mol. The molecule has 4 aliphatic carbocycles. The van der Waals surface area contributed by atoms with E-state index < -0.39 is 47.3 Å². The lowest BCUT2D eigenvalue weighted by Gasteiger charge is -2.72. The summed E-state index contributed by atoms with van der Waals surface area (Å²) in [5, 5.41) is 32.9. The molecule has 0 radical (unpaired) electrons. The number of nitrogens with zero attached hydrogens (tertiary/aromatic N) is 3. The van der Waals surface area contributed by atoms with Crippen molar-refractivity contribution in [3.63, 3.8) is 0 Å². The van der Waals surface area contributed by atoms with Gasteiger partial charge in [0, 0.05) is 29.9 Å². The first-order valence-electron chi connectivity index (χ1n) is 14.7. The Morgan fingerprint density at radius 2 is 2.00 bits per heavy atom. The van der Waals surface area contributed by atoms with Crippen LogP contribution in [0.4, 0.5) is 0 Å². The van der Waals surface area contributed by atoms with Gasteiger partial charge >= 0.3 is 0 Å². The zero-order valence-electron chi connectivity index (χ0n) is 23.4. The topological polar surface area (TPSA) is 107 Å². The fourth-order valence-corrected chi connectivity index (χ4v) is 10.0. The largest absolute Gasteiger partial charge is 0.393 e. The van der Waals surface area contributed by atoms with Crippen molar-refractivity contribution >= 4 is 29.0 Å². The molecule has 10 heteroatoms. The Bertz CT molecular complexity index is 1410. The lowest BCUT2D eigenvalue weighted by molar-refractivity contribution is -0.401. The maximum absolute atomic E-state index is 13.9. The van der Waals surface area contributed by atoms with Gasteiger partial charge in [0.15, 0.2) is 12.1 Å². The molecule has 2 aliphatic heterocycles. The lowest BCUT2D eigenvalue weighted by atomic mass is 9.37. The Hall–Kier alpha value is -1.81. The van der Waals surface area contributed by atoms with E-state index in [1.807, 2.05) is 18.3 Å². The molecule has 0 amide bonds. The van der Waals surface area contributed by atoms with E-state index >= 15 is 0 Å². The maximum Gasteiger partial charge on any atom is 0.170 e. The van der Waals surface area contributed by atoms with Crippen molar-refractivity contribution in [1.82, 2.24) is 15.0 Å². The number of aliphatic hydroxyl groups is 2. The number of fused-ring (bicyclic) bond motifs is 2. The zero-order chi connectivity index (χ0) is 28.9. The van der Waals surface area contributed by atoms with Crippen molar-refractivity contribution in [1.29, 1.82) is 0 Å². The first kappa shape index (κ1) is 28.0. The van der Waals surface area contributed by atoms with Gasteiger partial charge < -0.3 is 19.7 Å². The highest BCUT2D eigenvalue weighted by Gasteiger charge is 2.81. The monoisotopic (exact) mass is 601 g/mol. The van der Waals surface area contributed by atoms with E-state index in [2.05, 4.69) is 30.7 Å². The van der Waals surface area contributed by atoms with E-state index in [9.17, 15) is 15.0 Å². The van der Waals surface area contributed by atoms with Gasteiger partial charge in [0.1, 0.15) is 0 Å². The second-order valence-corrected chi connectivity index (χ2v) is 14.4. The number of aliphatic hydroxyl groups excluding tert-OH is 2. The molecule has 4 bridgehead atoms. The van der Waals surface area contributed by atoms with Gasteiger partial charge in [-0.3, -0.25) is 4.79 Å². The number of ketones is 1. The van der Waals surface area contributed by atoms with Crippen LogP contribution in [0.3, 0.4) is 0 Å². The Morgan fingerprint density at radius 1 is 1.20 bits per heavy atom. The molecule has 1 aromatic carbocycles. The van der Waals surface area contributed by atoms with Gasteiger partial charge in [0.2, 0.25) is 0 Å². The van der Waals surface area contributed by atoms with E-state index in [-0.39, 0.29) is 17.1 Å². The third-order valence-electron chi connectivity index (χ3n) is 11.3. The first-order chi connectivity index (χ1) is 19.5. The average Bonchev–Trinajstić information content (AvgIpc) is 3.41. The van der Waals surface area contributed by atoms with Crippen molar-refractivity contribution in [3.05, 3.63) is 57.9 Å². The molecule has 2 saturated heterocycles. The smallest absolute Gasteiger partial charge is 0.170 e. The molecule has 3 heterocycles. The molecule has 8 nitrogen and oxygen atoms in total. The van der Waals surface area contributed by atoms with Crippen LogP contribution in [0.5, 0.6) is 0 Å². The van der Waals surface area contributed by atoms with Gasteiger partial charge in [-0.2, -0.15) is 0 Å². The number of rotatable bonds is 6. The molecule has 1 aromatic heterocycles. The fourth-order valence-electron chi connectivity index (χ4n) is 9.69. The van der Waals surface area contributed by atoms with Crippen LogP contribution < -0.4 is 0 Å². The number of ether oxygens (including phenoxy) is 2. The summed E-state index contributed by atoms with van der Waals surface area (Å²) in [4.78, 5) is 13.9. The van der Waals surface area contributed by atoms with Gasteiger partial charge in [-0.25, -0.2) is 4.68 Å². The molecule has 2 aromatic rings. The quantitative estimate of drug-likeness (QED) is 0.465. The van der Waals surface area contributed by atoms with Gasteiger partial charge in [-0.15, -0.1) is 5.10 Å². The SMILES string of the molecule is C=C1C(=O)[C@]23[C@H](O)[C@H]1C[C@H](O)[C@H]2[C@]12CCCC(C)(C)[C@H]1C[C@H]3O[C@@H]2OCCc1cn(Cc2ccc(Cl)c(Cl)c2)nn1. The van der Waals surface area contributed by atoms with Crippen LogP contribution >= 0.6 is 23.2 Å². The molecule has 6 fully saturated rings. The summed E-state index contributed by atoms with van der Waals surface area (Å²) < 4.78 is 15.0. The van der Waals surface area contributed by atoms with E-state index in [4.69, 9.17) is 32.7 Å². The highest BCUT2D eigenvalue weighted by atomic mass is 35.5. The van der Waals surface area contributed by atoms with Crippen molar-refractivity contribution in [2.75, 3.05) is 6.61 Å². The fraction of sp³-hybridized carbons (Fsp3) is 0.645. The molecule has 220 valence electrons. The summed E-state index contributed by atoms with van der Waals surface area (Å²) in [5.74, 6) is -0.744. The summed E-state index contributed by atoms with van der Waals surface area (Å²) in [7, 11) is 0. The van der Waals surface area contributed by atoms with E-state index in [1.54, 1.807) is 10.7 Å². The van der Waals surface area contributed by atoms with Crippen LogP contribution in [0.2, 0.25) is 10.0 Å². The Labute approximate surface area is 250 Å². The molecule has 4 saturated carbocycles. The van der Waals surface area contributed by atoms with Crippen LogP contribution in [0, 0.1) is 34.0 Å². The molecule has 0 unspecified atom stereocenters. The zero-order valence-corrected chi connectivity index (χ0v) is 24.9. The van der Waals surface area contributed by atoms with Gasteiger partial charge in [0.05, 0.1) is 52.6 Å². The number of carbonyl (C=O) groups excluding carboxylic acids is 1. The summed E-state index contributed by atoms with van der Waals surface area (Å²) >= 11 is 12.2. The molecular weight excluding hydrogens is 565 g/mol. The third kappa shape index (κ3) is 3.84. The predicted octanol–water partition coefficient (Wildman–Crippen LogP) is 4.62. The maximum atomic E-state index is 13.9. The summed E-state index contributed by atoms with van der Waals surface area (Å²) in [5.41, 5.74) is 0.483. The van der Waals surface area contributed by atoms with Crippen LogP contribution in [0.1, 0.15) is 57.2 Å². The van der Waals surface area contributed by atoms with Crippen molar-refractivity contribution < 1.29 is 24.5 Å². The van der Waals surface area contributed by atoms with E-state index in [0.717, 1.165) is 30.5 Å². The van der Waals surface area contributed by atoms with Gasteiger partial charge in [-0.1, -0.05) is 61.3 Å². The van der Waals surface area contributed by atoms with Crippen molar-refractivity contribution in [2.24, 2.45) is 34.0 Å². The van der Waals surface area contributed by atoms with Crippen molar-refractivity contribution in [2.45, 2.75) is 83.5 Å². The molecule has 8 rings (SSSR count). The number of carbonyl (C=O) groups is 1.